The monoisotopic (exact) mass is 370 g/mol. The first-order valence-corrected chi connectivity index (χ1v) is 11.6. The van der Waals surface area contributed by atoms with E-state index in [0.29, 0.717) is 11.5 Å². The molecule has 3 fully saturated rings. The lowest BCUT2D eigenvalue weighted by Crippen LogP contribution is -2.59. The van der Waals surface area contributed by atoms with Gasteiger partial charge in [-0.15, -0.1) is 0 Å². The molecule has 4 nitrogen and oxygen atoms in total. The van der Waals surface area contributed by atoms with Crippen molar-refractivity contribution < 1.29 is 8.42 Å². The van der Waals surface area contributed by atoms with E-state index >= 15 is 0 Å². The van der Waals surface area contributed by atoms with Crippen molar-refractivity contribution in [3.63, 3.8) is 0 Å². The van der Waals surface area contributed by atoms with Crippen LogP contribution in [0.15, 0.2) is 42.5 Å². The standard InChI is InChI=1S/C21H26N2O2S/c24-26(25)14-20-21(15-26)23(10-9-22(20)12-16-5-6-16)13-17-7-8-18-3-1-2-4-19(18)11-17/h1-4,7-8,11,16,20-21H,5-6,9-10,12-15H2/t20-,21+/m1/s1. The molecule has 2 aromatic rings. The highest BCUT2D eigenvalue weighted by Gasteiger charge is 2.47. The summed E-state index contributed by atoms with van der Waals surface area (Å²) < 4.78 is 24.7. The van der Waals surface area contributed by atoms with E-state index in [4.69, 9.17) is 0 Å². The van der Waals surface area contributed by atoms with Crippen molar-refractivity contribution in [1.82, 2.24) is 9.80 Å². The first kappa shape index (κ1) is 16.7. The van der Waals surface area contributed by atoms with Crippen LogP contribution in [0.4, 0.5) is 0 Å². The molecule has 0 radical (unpaired) electrons. The molecule has 0 bridgehead atoms. The fraction of sp³-hybridized carbons (Fsp3) is 0.524. The molecule has 0 spiro atoms. The molecular formula is C21H26N2O2S. The van der Waals surface area contributed by atoms with Gasteiger partial charge in [0.25, 0.3) is 0 Å². The Labute approximate surface area is 155 Å². The van der Waals surface area contributed by atoms with Crippen LogP contribution in [0, 0.1) is 5.92 Å². The van der Waals surface area contributed by atoms with Crippen LogP contribution >= 0.6 is 0 Å². The molecule has 3 aliphatic rings. The van der Waals surface area contributed by atoms with Crippen LogP contribution in [0.1, 0.15) is 18.4 Å². The molecule has 5 rings (SSSR count). The predicted molar refractivity (Wildman–Crippen MR) is 105 cm³/mol. The first-order valence-electron chi connectivity index (χ1n) is 9.74. The second-order valence-corrected chi connectivity index (χ2v) is 10.5. The lowest BCUT2D eigenvalue weighted by atomic mass is 10.0. The highest BCUT2D eigenvalue weighted by Crippen LogP contribution is 2.34. The highest BCUT2D eigenvalue weighted by atomic mass is 32.2. The van der Waals surface area contributed by atoms with Gasteiger partial charge in [0.2, 0.25) is 0 Å². The van der Waals surface area contributed by atoms with E-state index in [1.165, 1.54) is 29.2 Å². The van der Waals surface area contributed by atoms with Crippen LogP contribution in [0.2, 0.25) is 0 Å². The number of hydrogen-bond donors (Lipinski definition) is 0. The van der Waals surface area contributed by atoms with Gasteiger partial charge in [0.05, 0.1) is 11.5 Å². The number of benzene rings is 2. The SMILES string of the molecule is O=S1(=O)C[C@@H]2[C@H](C1)N(Cc1ccc3ccccc3c1)CCN2CC1CC1. The average Bonchev–Trinajstić information content (AvgIpc) is 3.37. The summed E-state index contributed by atoms with van der Waals surface area (Å²) in [7, 11) is -2.92. The summed E-state index contributed by atoms with van der Waals surface area (Å²) in [4.78, 5) is 4.90. The second kappa shape index (κ2) is 6.32. The highest BCUT2D eigenvalue weighted by molar-refractivity contribution is 7.91. The minimum Gasteiger partial charge on any atom is -0.296 e. The van der Waals surface area contributed by atoms with Gasteiger partial charge in [0.1, 0.15) is 0 Å². The van der Waals surface area contributed by atoms with Crippen LogP contribution in [0.5, 0.6) is 0 Å². The third kappa shape index (κ3) is 3.28. The molecule has 5 heteroatoms. The molecule has 0 N–H and O–H groups in total. The topological polar surface area (TPSA) is 40.6 Å². The smallest absolute Gasteiger partial charge is 0.153 e. The number of sulfone groups is 1. The Morgan fingerprint density at radius 2 is 1.58 bits per heavy atom. The quantitative estimate of drug-likeness (QED) is 0.829. The summed E-state index contributed by atoms with van der Waals surface area (Å²) in [5.41, 5.74) is 1.28. The van der Waals surface area contributed by atoms with Gasteiger partial charge >= 0.3 is 0 Å². The summed E-state index contributed by atoms with van der Waals surface area (Å²) in [6.07, 6.45) is 2.64. The molecule has 26 heavy (non-hydrogen) atoms. The number of rotatable bonds is 4. The predicted octanol–water partition coefficient (Wildman–Crippen LogP) is 2.53. The maximum atomic E-state index is 12.4. The zero-order valence-electron chi connectivity index (χ0n) is 15.0. The van der Waals surface area contributed by atoms with Gasteiger partial charge in [-0.2, -0.15) is 0 Å². The maximum absolute atomic E-state index is 12.4. The largest absolute Gasteiger partial charge is 0.296 e. The molecule has 2 aromatic carbocycles. The van der Waals surface area contributed by atoms with E-state index in [2.05, 4.69) is 52.3 Å². The van der Waals surface area contributed by atoms with Crippen molar-refractivity contribution in [2.45, 2.75) is 31.5 Å². The van der Waals surface area contributed by atoms with E-state index < -0.39 is 9.84 Å². The van der Waals surface area contributed by atoms with E-state index in [0.717, 1.165) is 32.1 Å². The number of piperazine rings is 1. The molecule has 0 amide bonds. The summed E-state index contributed by atoms with van der Waals surface area (Å²) in [5.74, 6) is 1.48. The zero-order chi connectivity index (χ0) is 17.7. The van der Waals surface area contributed by atoms with Crippen LogP contribution < -0.4 is 0 Å². The molecule has 2 saturated heterocycles. The number of hydrogen-bond acceptors (Lipinski definition) is 4. The average molecular weight is 371 g/mol. The van der Waals surface area contributed by atoms with Gasteiger partial charge in [-0.05, 0) is 41.2 Å². The summed E-state index contributed by atoms with van der Waals surface area (Å²) in [6, 6.07) is 15.4. The van der Waals surface area contributed by atoms with Crippen molar-refractivity contribution >= 4 is 20.6 Å². The Bertz CT molecular complexity index is 923. The zero-order valence-corrected chi connectivity index (χ0v) is 15.9. The fourth-order valence-corrected chi connectivity index (χ4v) is 6.77. The van der Waals surface area contributed by atoms with E-state index in [9.17, 15) is 8.42 Å². The van der Waals surface area contributed by atoms with Crippen LogP contribution in [0.3, 0.4) is 0 Å². The maximum Gasteiger partial charge on any atom is 0.153 e. The van der Waals surface area contributed by atoms with Crippen molar-refractivity contribution in [1.29, 1.82) is 0 Å². The molecule has 138 valence electrons. The Morgan fingerprint density at radius 3 is 2.35 bits per heavy atom. The minimum atomic E-state index is -2.92. The molecule has 2 atom stereocenters. The lowest BCUT2D eigenvalue weighted by Gasteiger charge is -2.44. The van der Waals surface area contributed by atoms with Gasteiger partial charge in [0.15, 0.2) is 9.84 Å². The molecule has 2 heterocycles. The molecule has 2 aliphatic heterocycles. The van der Waals surface area contributed by atoms with E-state index in [-0.39, 0.29) is 12.1 Å². The van der Waals surface area contributed by atoms with Gasteiger partial charge < -0.3 is 0 Å². The van der Waals surface area contributed by atoms with Crippen molar-refractivity contribution in [3.8, 4) is 0 Å². The Kier molecular flexibility index (Phi) is 4.07. The molecule has 0 unspecified atom stereocenters. The van der Waals surface area contributed by atoms with Crippen LogP contribution in [-0.2, 0) is 16.4 Å². The van der Waals surface area contributed by atoms with Crippen LogP contribution in [0.25, 0.3) is 10.8 Å². The third-order valence-electron chi connectivity index (χ3n) is 6.30. The Morgan fingerprint density at radius 1 is 0.885 bits per heavy atom. The molecular weight excluding hydrogens is 344 g/mol. The normalized spacial score (nSPS) is 29.1. The first-order chi connectivity index (χ1) is 12.6. The van der Waals surface area contributed by atoms with Crippen molar-refractivity contribution in [2.75, 3.05) is 31.1 Å². The summed E-state index contributed by atoms with van der Waals surface area (Å²) in [6.45, 7) is 3.91. The molecule has 0 aromatic heterocycles. The third-order valence-corrected chi connectivity index (χ3v) is 7.99. The van der Waals surface area contributed by atoms with Gasteiger partial charge in [-0.3, -0.25) is 9.80 Å². The summed E-state index contributed by atoms with van der Waals surface area (Å²) in [5, 5.41) is 2.51. The van der Waals surface area contributed by atoms with E-state index in [1.54, 1.807) is 0 Å². The fourth-order valence-electron chi connectivity index (χ4n) is 4.72. The molecule has 1 aliphatic carbocycles. The lowest BCUT2D eigenvalue weighted by molar-refractivity contribution is 0.0377. The number of nitrogens with zero attached hydrogens (tertiary/aromatic N) is 2. The summed E-state index contributed by atoms with van der Waals surface area (Å²) >= 11 is 0. The molecule has 1 saturated carbocycles. The van der Waals surface area contributed by atoms with Crippen molar-refractivity contribution in [3.05, 3.63) is 48.0 Å². The van der Waals surface area contributed by atoms with Gasteiger partial charge in [-0.1, -0.05) is 36.4 Å². The van der Waals surface area contributed by atoms with Crippen LogP contribution in [-0.4, -0.2) is 61.4 Å². The van der Waals surface area contributed by atoms with Gasteiger partial charge in [-0.25, -0.2) is 8.42 Å². The minimum absolute atomic E-state index is 0.152. The Hall–Kier alpha value is -1.43. The van der Waals surface area contributed by atoms with Gasteiger partial charge in [0, 0.05) is 38.3 Å². The Balaban J connectivity index is 1.38. The second-order valence-electron chi connectivity index (χ2n) is 8.30. The van der Waals surface area contributed by atoms with E-state index in [1.807, 2.05) is 0 Å². The van der Waals surface area contributed by atoms with Crippen molar-refractivity contribution in [2.24, 2.45) is 5.92 Å². The number of fused-ring (bicyclic) bond motifs is 2.